The fourth-order valence-corrected chi connectivity index (χ4v) is 2.75. The maximum absolute atomic E-state index is 11.6. The van der Waals surface area contributed by atoms with Crippen molar-refractivity contribution in [1.82, 2.24) is 0 Å². The molecule has 0 saturated heterocycles. The van der Waals surface area contributed by atoms with E-state index >= 15 is 0 Å². The van der Waals surface area contributed by atoms with E-state index in [4.69, 9.17) is 10.8 Å². The van der Waals surface area contributed by atoms with Gasteiger partial charge in [0.1, 0.15) is 5.54 Å². The topological polar surface area (TPSA) is 187 Å². The van der Waals surface area contributed by atoms with E-state index in [1.165, 1.54) is 0 Å². The Labute approximate surface area is 185 Å². The number of hydrogen-bond acceptors (Lipinski definition) is 7. The third kappa shape index (κ3) is 9.53. The molecule has 0 heterocycles. The van der Waals surface area contributed by atoms with Crippen molar-refractivity contribution in [3.63, 3.8) is 0 Å². The summed E-state index contributed by atoms with van der Waals surface area (Å²) in [6.45, 7) is 4.04. The number of non-ortho nitro benzene ring substituents is 1. The van der Waals surface area contributed by atoms with Gasteiger partial charge in [-0.05, 0) is 18.9 Å². The van der Waals surface area contributed by atoms with Crippen LogP contribution in [0.1, 0.15) is 70.8 Å². The zero-order valence-corrected chi connectivity index (χ0v) is 18.2. The average Bonchev–Trinajstić information content (AvgIpc) is 2.73. The molecule has 0 spiro atoms. The highest BCUT2D eigenvalue weighted by Crippen LogP contribution is 2.35. The van der Waals surface area contributed by atoms with Crippen molar-refractivity contribution in [2.75, 3.05) is 0 Å². The second-order valence-electron chi connectivity index (χ2n) is 7.01. The molecule has 0 amide bonds. The van der Waals surface area contributed by atoms with Gasteiger partial charge < -0.3 is 15.9 Å². The van der Waals surface area contributed by atoms with Gasteiger partial charge in [0.15, 0.2) is 0 Å². The van der Waals surface area contributed by atoms with Crippen LogP contribution >= 0.6 is 0 Å². The molecular formula is C21H29N3O8. The van der Waals surface area contributed by atoms with E-state index in [9.17, 15) is 34.9 Å². The summed E-state index contributed by atoms with van der Waals surface area (Å²) in [6, 6.07) is 2.83. The van der Waals surface area contributed by atoms with Crippen molar-refractivity contribution in [2.45, 2.75) is 70.8 Å². The lowest BCUT2D eigenvalue weighted by Crippen LogP contribution is -2.45. The van der Waals surface area contributed by atoms with E-state index in [-0.39, 0.29) is 12.0 Å². The van der Waals surface area contributed by atoms with Gasteiger partial charge >= 0.3 is 11.9 Å². The van der Waals surface area contributed by atoms with Gasteiger partial charge in [-0.1, -0.05) is 51.9 Å². The normalized spacial score (nSPS) is 11.7. The summed E-state index contributed by atoms with van der Waals surface area (Å²) in [6.07, 6.45) is 5.85. The number of benzene rings is 1. The molecule has 0 aliphatic rings. The van der Waals surface area contributed by atoms with Crippen molar-refractivity contribution in [2.24, 2.45) is 5.73 Å². The largest absolute Gasteiger partial charge is 0.480 e. The summed E-state index contributed by atoms with van der Waals surface area (Å²) in [5.41, 5.74) is 2.62. The summed E-state index contributed by atoms with van der Waals surface area (Å²) in [4.78, 5) is 41.7. The van der Waals surface area contributed by atoms with Crippen LogP contribution < -0.4 is 5.73 Å². The Morgan fingerprint density at radius 2 is 1.66 bits per heavy atom. The Morgan fingerprint density at radius 3 is 2.12 bits per heavy atom. The Kier molecular flexibility index (Phi) is 12.9. The second-order valence-corrected chi connectivity index (χ2v) is 7.01. The van der Waals surface area contributed by atoms with Crippen molar-refractivity contribution < 1.29 is 29.6 Å². The minimum atomic E-state index is -1.95. The SMILES string of the molecule is CCCCC#CC(=O)O.CCCCCCC(N)(C(=O)O)c1ccc([N+](=O)[O-])cc1[N+](=O)[O-]. The molecule has 4 N–H and O–H groups in total. The van der Waals surface area contributed by atoms with Gasteiger partial charge in [0.2, 0.25) is 0 Å². The van der Waals surface area contributed by atoms with Crippen LogP contribution in [-0.4, -0.2) is 32.0 Å². The van der Waals surface area contributed by atoms with Crippen LogP contribution in [0.2, 0.25) is 0 Å². The number of aliphatic carboxylic acids is 2. The van der Waals surface area contributed by atoms with Gasteiger partial charge in [0.05, 0.1) is 21.5 Å². The van der Waals surface area contributed by atoms with Crippen LogP contribution in [0.25, 0.3) is 0 Å². The minimum Gasteiger partial charge on any atom is -0.480 e. The van der Waals surface area contributed by atoms with E-state index in [2.05, 4.69) is 5.92 Å². The zero-order chi connectivity index (χ0) is 24.7. The number of carboxylic acid groups (broad SMARTS) is 2. The van der Waals surface area contributed by atoms with Gasteiger partial charge in [-0.3, -0.25) is 20.2 Å². The quantitative estimate of drug-likeness (QED) is 0.193. The fraction of sp³-hybridized carbons (Fsp3) is 0.524. The van der Waals surface area contributed by atoms with Crippen molar-refractivity contribution in [1.29, 1.82) is 0 Å². The average molecular weight is 451 g/mol. The van der Waals surface area contributed by atoms with E-state index < -0.39 is 38.7 Å². The lowest BCUT2D eigenvalue weighted by atomic mass is 9.84. The molecule has 0 radical (unpaired) electrons. The van der Waals surface area contributed by atoms with Crippen LogP contribution in [0, 0.1) is 32.1 Å². The fourth-order valence-electron chi connectivity index (χ4n) is 2.75. The number of carbonyl (C=O) groups is 2. The predicted molar refractivity (Wildman–Crippen MR) is 117 cm³/mol. The molecule has 1 aromatic rings. The minimum absolute atomic E-state index is 0.0149. The smallest absolute Gasteiger partial charge is 0.381 e. The van der Waals surface area contributed by atoms with Crippen LogP contribution in [0.3, 0.4) is 0 Å². The first-order chi connectivity index (χ1) is 15.0. The number of nitrogens with zero attached hydrogens (tertiary/aromatic N) is 2. The highest BCUT2D eigenvalue weighted by Gasteiger charge is 2.41. The molecule has 1 aromatic carbocycles. The standard InChI is InChI=1S/C14H19N3O6.C7H10O2/c1-2-3-4-5-8-14(15,13(18)19)11-7-6-10(16(20)21)9-12(11)17(22)23;1-2-3-4-5-6-7(8)9/h6-7,9H,2-5,8,15H2,1H3,(H,18,19);2-4H2,1H3,(H,8,9). The summed E-state index contributed by atoms with van der Waals surface area (Å²) in [5, 5.41) is 39.4. The number of nitro benzene ring substituents is 2. The van der Waals surface area contributed by atoms with E-state index in [1.807, 2.05) is 19.8 Å². The Morgan fingerprint density at radius 1 is 1.03 bits per heavy atom. The highest BCUT2D eigenvalue weighted by molar-refractivity contribution is 5.86. The molecule has 0 aliphatic heterocycles. The molecule has 1 unspecified atom stereocenters. The highest BCUT2D eigenvalue weighted by atomic mass is 16.6. The molecule has 0 bridgehead atoms. The Bertz CT molecular complexity index is 876. The first-order valence-corrected chi connectivity index (χ1v) is 10.2. The molecule has 11 nitrogen and oxygen atoms in total. The Hall–Kier alpha value is -3.52. The van der Waals surface area contributed by atoms with E-state index in [0.717, 1.165) is 50.3 Å². The van der Waals surface area contributed by atoms with Gasteiger partial charge in [-0.25, -0.2) is 9.59 Å². The molecule has 11 heteroatoms. The van der Waals surface area contributed by atoms with Gasteiger partial charge in [-0.2, -0.15) is 0 Å². The number of rotatable bonds is 11. The van der Waals surface area contributed by atoms with Crippen LogP contribution in [0.4, 0.5) is 11.4 Å². The molecule has 0 aliphatic carbocycles. The van der Waals surface area contributed by atoms with Crippen molar-refractivity contribution in [3.05, 3.63) is 44.0 Å². The van der Waals surface area contributed by atoms with Crippen LogP contribution in [-0.2, 0) is 15.1 Å². The first kappa shape index (κ1) is 28.5. The molecule has 0 aromatic heterocycles. The third-order valence-corrected chi connectivity index (χ3v) is 4.53. The van der Waals surface area contributed by atoms with Gasteiger partial charge in [0, 0.05) is 18.4 Å². The van der Waals surface area contributed by atoms with Gasteiger partial charge in [0.25, 0.3) is 11.4 Å². The van der Waals surface area contributed by atoms with Crippen LogP contribution in [0.5, 0.6) is 0 Å². The first-order valence-electron chi connectivity index (χ1n) is 10.2. The summed E-state index contributed by atoms with van der Waals surface area (Å²) < 4.78 is 0. The zero-order valence-electron chi connectivity index (χ0n) is 18.2. The van der Waals surface area contributed by atoms with Crippen LogP contribution in [0.15, 0.2) is 18.2 Å². The molecule has 32 heavy (non-hydrogen) atoms. The summed E-state index contributed by atoms with van der Waals surface area (Å²) in [7, 11) is 0. The maximum Gasteiger partial charge on any atom is 0.381 e. The predicted octanol–water partition coefficient (Wildman–Crippen LogP) is 3.98. The van der Waals surface area contributed by atoms with Crippen molar-refractivity contribution in [3.8, 4) is 11.8 Å². The lowest BCUT2D eigenvalue weighted by molar-refractivity contribution is -0.394. The molecular weight excluding hydrogens is 422 g/mol. The molecule has 176 valence electrons. The monoisotopic (exact) mass is 451 g/mol. The van der Waals surface area contributed by atoms with E-state index in [0.29, 0.717) is 12.8 Å². The number of nitro groups is 2. The number of carboxylic acids is 2. The summed E-state index contributed by atoms with van der Waals surface area (Å²) >= 11 is 0. The van der Waals surface area contributed by atoms with E-state index in [1.54, 1.807) is 0 Å². The van der Waals surface area contributed by atoms with Gasteiger partial charge in [-0.15, -0.1) is 0 Å². The summed E-state index contributed by atoms with van der Waals surface area (Å²) in [5.74, 6) is 2.15. The second kappa shape index (κ2) is 14.5. The maximum atomic E-state index is 11.6. The van der Waals surface area contributed by atoms with Crippen molar-refractivity contribution >= 4 is 23.3 Å². The number of nitrogens with two attached hydrogens (primary N) is 1. The number of hydrogen-bond donors (Lipinski definition) is 3. The molecule has 1 atom stereocenters. The molecule has 0 saturated carbocycles. The third-order valence-electron chi connectivity index (χ3n) is 4.53. The molecule has 0 fully saturated rings. The lowest BCUT2D eigenvalue weighted by Gasteiger charge is -2.24. The molecule has 1 rings (SSSR count). The Balaban J connectivity index is 0.000000900. The number of unbranched alkanes of at least 4 members (excludes halogenated alkanes) is 5.